The molecule has 0 saturated heterocycles. The van der Waals surface area contributed by atoms with Crippen molar-refractivity contribution in [3.63, 3.8) is 0 Å². The predicted octanol–water partition coefficient (Wildman–Crippen LogP) is 3.04. The van der Waals surface area contributed by atoms with Gasteiger partial charge in [0.15, 0.2) is 0 Å². The Balaban J connectivity index is 2.35. The Hall–Kier alpha value is -1.92. The third-order valence-corrected chi connectivity index (χ3v) is 4.69. The first kappa shape index (κ1) is 15.5. The molecule has 3 N–H and O–H groups in total. The van der Waals surface area contributed by atoms with Crippen molar-refractivity contribution in [2.45, 2.75) is 11.8 Å². The van der Waals surface area contributed by atoms with Crippen molar-refractivity contribution in [1.29, 1.82) is 0 Å². The summed E-state index contributed by atoms with van der Waals surface area (Å²) in [5.41, 5.74) is 7.04. The smallest absolute Gasteiger partial charge is 0.262 e. The van der Waals surface area contributed by atoms with Gasteiger partial charge in [-0.05, 0) is 48.9 Å². The topological polar surface area (TPSA) is 81.4 Å². The Bertz CT molecular complexity index is 776. The van der Waals surface area contributed by atoms with Gasteiger partial charge in [0.1, 0.15) is 5.75 Å². The molecule has 0 amide bonds. The van der Waals surface area contributed by atoms with Crippen molar-refractivity contribution in [1.82, 2.24) is 0 Å². The molecule has 112 valence electrons. The van der Waals surface area contributed by atoms with Crippen LogP contribution in [-0.2, 0) is 10.0 Å². The van der Waals surface area contributed by atoms with E-state index >= 15 is 0 Å². The number of halogens is 1. The fourth-order valence-electron chi connectivity index (χ4n) is 1.92. The van der Waals surface area contributed by atoms with Crippen LogP contribution < -0.4 is 15.2 Å². The highest BCUT2D eigenvalue weighted by atomic mass is 35.5. The van der Waals surface area contributed by atoms with Gasteiger partial charge < -0.3 is 10.5 Å². The highest BCUT2D eigenvalue weighted by molar-refractivity contribution is 7.92. The van der Waals surface area contributed by atoms with Crippen LogP contribution in [0.25, 0.3) is 0 Å². The summed E-state index contributed by atoms with van der Waals surface area (Å²) in [5, 5.41) is 0.486. The molecule has 0 bridgehead atoms. The molecule has 21 heavy (non-hydrogen) atoms. The molecular formula is C14H15ClN2O3S. The first-order chi connectivity index (χ1) is 9.83. The molecule has 0 saturated carbocycles. The summed E-state index contributed by atoms with van der Waals surface area (Å²) in [7, 11) is -2.21. The number of rotatable bonds is 4. The molecule has 0 aromatic heterocycles. The van der Waals surface area contributed by atoms with Gasteiger partial charge in [0.25, 0.3) is 10.0 Å². The van der Waals surface area contributed by atoms with E-state index in [0.717, 1.165) is 0 Å². The van der Waals surface area contributed by atoms with Crippen molar-refractivity contribution in [2.24, 2.45) is 0 Å². The molecule has 2 aromatic carbocycles. The van der Waals surface area contributed by atoms with E-state index in [9.17, 15) is 8.42 Å². The summed E-state index contributed by atoms with van der Waals surface area (Å²) in [5.74, 6) is 0.487. The fraction of sp³-hybridized carbons (Fsp3) is 0.143. The van der Waals surface area contributed by atoms with Crippen LogP contribution in [0.4, 0.5) is 11.4 Å². The van der Waals surface area contributed by atoms with Crippen molar-refractivity contribution < 1.29 is 13.2 Å². The quantitative estimate of drug-likeness (QED) is 0.846. The number of anilines is 2. The van der Waals surface area contributed by atoms with Gasteiger partial charge in [0.05, 0.1) is 23.4 Å². The lowest BCUT2D eigenvalue weighted by molar-refractivity contribution is 0.417. The second-order valence-corrected chi connectivity index (χ2v) is 6.56. The molecule has 7 heteroatoms. The number of ether oxygens (including phenoxy) is 1. The zero-order valence-corrected chi connectivity index (χ0v) is 13.1. The molecule has 2 aromatic rings. The van der Waals surface area contributed by atoms with Crippen LogP contribution in [-0.4, -0.2) is 15.5 Å². The molecular weight excluding hydrogens is 312 g/mol. The largest absolute Gasteiger partial charge is 0.495 e. The molecule has 0 atom stereocenters. The van der Waals surface area contributed by atoms with Crippen molar-refractivity contribution in [2.75, 3.05) is 17.6 Å². The minimum atomic E-state index is -3.70. The number of sulfonamides is 1. The van der Waals surface area contributed by atoms with Crippen molar-refractivity contribution >= 4 is 33.0 Å². The Kier molecular flexibility index (Phi) is 4.29. The van der Waals surface area contributed by atoms with E-state index in [-0.39, 0.29) is 4.90 Å². The van der Waals surface area contributed by atoms with Gasteiger partial charge in [-0.15, -0.1) is 0 Å². The van der Waals surface area contributed by atoms with Crippen LogP contribution in [0, 0.1) is 6.92 Å². The zero-order chi connectivity index (χ0) is 15.6. The van der Waals surface area contributed by atoms with Crippen LogP contribution >= 0.6 is 11.6 Å². The molecule has 2 rings (SSSR count). The normalized spacial score (nSPS) is 11.2. The molecule has 0 aliphatic carbocycles. The van der Waals surface area contributed by atoms with E-state index in [1.165, 1.54) is 25.3 Å². The van der Waals surface area contributed by atoms with E-state index < -0.39 is 10.0 Å². The van der Waals surface area contributed by atoms with Gasteiger partial charge in [-0.25, -0.2) is 8.42 Å². The summed E-state index contributed by atoms with van der Waals surface area (Å²) in [6.07, 6.45) is 0. The lowest BCUT2D eigenvalue weighted by Crippen LogP contribution is -2.14. The van der Waals surface area contributed by atoms with Gasteiger partial charge in [0, 0.05) is 5.02 Å². The Morgan fingerprint density at radius 3 is 2.48 bits per heavy atom. The first-order valence-corrected chi connectivity index (χ1v) is 7.92. The number of benzene rings is 2. The summed E-state index contributed by atoms with van der Waals surface area (Å²) in [6.45, 7) is 1.68. The molecule has 0 unspecified atom stereocenters. The molecule has 5 nitrogen and oxygen atoms in total. The highest BCUT2D eigenvalue weighted by Crippen LogP contribution is 2.27. The Morgan fingerprint density at radius 1 is 1.19 bits per heavy atom. The third-order valence-electron chi connectivity index (χ3n) is 2.91. The van der Waals surface area contributed by atoms with Gasteiger partial charge in [-0.2, -0.15) is 0 Å². The van der Waals surface area contributed by atoms with Crippen LogP contribution in [0.3, 0.4) is 0 Å². The SMILES string of the molecule is COc1ccc(NS(=O)(=O)c2ccc(Cl)cc2C)cc1N. The van der Waals surface area contributed by atoms with Gasteiger partial charge >= 0.3 is 0 Å². The summed E-state index contributed by atoms with van der Waals surface area (Å²) < 4.78 is 32.3. The Labute approximate surface area is 128 Å². The molecule has 0 radical (unpaired) electrons. The minimum absolute atomic E-state index is 0.168. The summed E-state index contributed by atoms with van der Waals surface area (Å²) in [6, 6.07) is 9.28. The second-order valence-electron chi connectivity index (χ2n) is 4.47. The molecule has 0 aliphatic heterocycles. The molecule has 0 spiro atoms. The molecule has 0 fully saturated rings. The van der Waals surface area contributed by atoms with Crippen LogP contribution in [0.5, 0.6) is 5.75 Å². The number of nitrogens with one attached hydrogen (secondary N) is 1. The van der Waals surface area contributed by atoms with E-state index in [4.69, 9.17) is 22.1 Å². The van der Waals surface area contributed by atoms with E-state index in [0.29, 0.717) is 27.7 Å². The van der Waals surface area contributed by atoms with E-state index in [2.05, 4.69) is 4.72 Å². The van der Waals surface area contributed by atoms with Crippen LogP contribution in [0.2, 0.25) is 5.02 Å². The highest BCUT2D eigenvalue weighted by Gasteiger charge is 2.17. The molecule has 0 heterocycles. The maximum Gasteiger partial charge on any atom is 0.262 e. The van der Waals surface area contributed by atoms with Gasteiger partial charge in [-0.3, -0.25) is 4.72 Å². The fourth-order valence-corrected chi connectivity index (χ4v) is 3.43. The third kappa shape index (κ3) is 3.40. The van der Waals surface area contributed by atoms with Crippen molar-refractivity contribution in [3.8, 4) is 5.75 Å². The van der Waals surface area contributed by atoms with Crippen LogP contribution in [0.15, 0.2) is 41.3 Å². The number of aryl methyl sites for hydroxylation is 1. The number of nitrogen functional groups attached to an aromatic ring is 1. The zero-order valence-electron chi connectivity index (χ0n) is 11.6. The lowest BCUT2D eigenvalue weighted by Gasteiger charge is -2.12. The number of nitrogens with two attached hydrogens (primary N) is 1. The number of hydrogen-bond acceptors (Lipinski definition) is 4. The number of methoxy groups -OCH3 is 1. The lowest BCUT2D eigenvalue weighted by atomic mass is 10.2. The van der Waals surface area contributed by atoms with E-state index in [1.807, 2.05) is 0 Å². The maximum atomic E-state index is 12.4. The standard InChI is InChI=1S/C14H15ClN2O3S/c1-9-7-10(15)3-6-14(9)21(18,19)17-11-4-5-13(20-2)12(16)8-11/h3-8,17H,16H2,1-2H3. The average molecular weight is 327 g/mol. The monoisotopic (exact) mass is 326 g/mol. The van der Waals surface area contributed by atoms with Crippen LogP contribution in [0.1, 0.15) is 5.56 Å². The van der Waals surface area contributed by atoms with Crippen molar-refractivity contribution in [3.05, 3.63) is 47.0 Å². The predicted molar refractivity (Wildman–Crippen MR) is 84.4 cm³/mol. The minimum Gasteiger partial charge on any atom is -0.495 e. The first-order valence-electron chi connectivity index (χ1n) is 6.06. The number of hydrogen-bond donors (Lipinski definition) is 2. The second kappa shape index (κ2) is 5.83. The molecule has 0 aliphatic rings. The van der Waals surface area contributed by atoms with Gasteiger partial charge in [-0.1, -0.05) is 11.6 Å². The summed E-state index contributed by atoms with van der Waals surface area (Å²) in [4.78, 5) is 0.168. The summed E-state index contributed by atoms with van der Waals surface area (Å²) >= 11 is 5.84. The van der Waals surface area contributed by atoms with E-state index in [1.54, 1.807) is 25.1 Å². The van der Waals surface area contributed by atoms with Gasteiger partial charge in [0.2, 0.25) is 0 Å². The maximum absolute atomic E-state index is 12.4. The Morgan fingerprint density at radius 2 is 1.90 bits per heavy atom. The average Bonchev–Trinajstić information content (AvgIpc) is 2.37.